The van der Waals surface area contributed by atoms with Crippen LogP contribution in [0.25, 0.3) is 22.6 Å². The summed E-state index contributed by atoms with van der Waals surface area (Å²) in [6.45, 7) is 8.56. The molecule has 0 aliphatic heterocycles. The Morgan fingerprint density at radius 3 is 2.15 bits per heavy atom. The molecule has 0 amide bonds. The van der Waals surface area contributed by atoms with Gasteiger partial charge in [-0.1, -0.05) is 57.2 Å². The molecule has 2 heterocycles. The molecular weight excluding hydrogens is 507 g/mol. The van der Waals surface area contributed by atoms with Crippen molar-refractivity contribution in [3.05, 3.63) is 71.0 Å². The summed E-state index contributed by atoms with van der Waals surface area (Å²) in [5.74, 6) is -0.328. The lowest BCUT2D eigenvalue weighted by molar-refractivity contribution is -0.137. The molecule has 2 N–H and O–H groups in total. The molecule has 1 aliphatic carbocycles. The molecule has 39 heavy (non-hydrogen) atoms. The highest BCUT2D eigenvalue weighted by molar-refractivity contribution is 5.92. The van der Waals surface area contributed by atoms with Gasteiger partial charge in [0.15, 0.2) is 11.5 Å². The largest absolute Gasteiger partial charge is 0.475 e. The second-order valence-corrected chi connectivity index (χ2v) is 11.2. The van der Waals surface area contributed by atoms with E-state index < -0.39 is 17.7 Å². The van der Waals surface area contributed by atoms with Gasteiger partial charge in [0.2, 0.25) is 5.82 Å². The number of carboxylic acids is 1. The zero-order chi connectivity index (χ0) is 28.1. The van der Waals surface area contributed by atoms with Crippen molar-refractivity contribution < 1.29 is 23.1 Å². The Kier molecular flexibility index (Phi) is 6.60. The number of nitrogens with zero attached hydrogens (tertiary/aromatic N) is 4. The van der Waals surface area contributed by atoms with Crippen LogP contribution in [0.1, 0.15) is 67.8 Å². The second kappa shape index (κ2) is 9.66. The minimum Gasteiger partial charge on any atom is -0.475 e. The molecule has 0 spiro atoms. The fraction of sp³-hybridized carbons (Fsp3) is 0.379. The van der Waals surface area contributed by atoms with Crippen molar-refractivity contribution in [1.29, 1.82) is 0 Å². The number of carbonyl (C=O) groups is 1. The Hall–Kier alpha value is -3.95. The smallest absolute Gasteiger partial charge is 0.416 e. The fourth-order valence-corrected chi connectivity index (χ4v) is 4.64. The van der Waals surface area contributed by atoms with E-state index in [9.17, 15) is 23.1 Å². The minimum atomic E-state index is -4.43. The number of benzene rings is 2. The highest BCUT2D eigenvalue weighted by Gasteiger charge is 2.31. The highest BCUT2D eigenvalue weighted by Crippen LogP contribution is 2.36. The van der Waals surface area contributed by atoms with Crippen LogP contribution in [0.15, 0.2) is 48.5 Å². The molecule has 204 valence electrons. The van der Waals surface area contributed by atoms with Gasteiger partial charge >= 0.3 is 12.1 Å². The number of imidazole rings is 1. The van der Waals surface area contributed by atoms with Crippen molar-refractivity contribution in [2.75, 3.05) is 5.32 Å². The van der Waals surface area contributed by atoms with Gasteiger partial charge in [-0.25, -0.2) is 19.7 Å². The number of fused-ring (bicyclic) bond motifs is 1. The van der Waals surface area contributed by atoms with E-state index in [-0.39, 0.29) is 29.5 Å². The summed E-state index contributed by atoms with van der Waals surface area (Å²) in [7, 11) is 0. The van der Waals surface area contributed by atoms with E-state index >= 15 is 0 Å². The Bertz CT molecular complexity index is 1520. The molecule has 1 aliphatic rings. The number of alkyl halides is 3. The zero-order valence-electron chi connectivity index (χ0n) is 22.2. The third kappa shape index (κ3) is 5.60. The summed E-state index contributed by atoms with van der Waals surface area (Å²) in [5.41, 5.74) is 2.44. The lowest BCUT2D eigenvalue weighted by Crippen LogP contribution is -2.20. The molecule has 4 aromatic rings. The van der Waals surface area contributed by atoms with Crippen LogP contribution >= 0.6 is 0 Å². The number of aromatic carboxylic acids is 1. The fourth-order valence-electron chi connectivity index (χ4n) is 4.64. The maximum absolute atomic E-state index is 13.2. The first-order valence-electron chi connectivity index (χ1n) is 12.9. The highest BCUT2D eigenvalue weighted by atomic mass is 19.4. The molecule has 7 nitrogen and oxygen atoms in total. The van der Waals surface area contributed by atoms with Crippen molar-refractivity contribution in [3.8, 4) is 11.4 Å². The molecule has 2 aromatic carbocycles. The summed E-state index contributed by atoms with van der Waals surface area (Å²) in [4.78, 5) is 25.1. The Morgan fingerprint density at radius 1 is 1.00 bits per heavy atom. The monoisotopic (exact) mass is 537 g/mol. The molecule has 1 unspecified atom stereocenters. The van der Waals surface area contributed by atoms with E-state index in [1.165, 1.54) is 12.1 Å². The topological polar surface area (TPSA) is 92.9 Å². The van der Waals surface area contributed by atoms with Crippen molar-refractivity contribution in [3.63, 3.8) is 0 Å². The first kappa shape index (κ1) is 26.6. The molecule has 0 radical (unpaired) electrons. The Labute approximate surface area is 224 Å². The molecule has 5 rings (SSSR count). The van der Waals surface area contributed by atoms with Crippen molar-refractivity contribution in [2.45, 2.75) is 64.7 Å². The molecule has 0 saturated heterocycles. The summed E-state index contributed by atoms with van der Waals surface area (Å²) in [5, 5.41) is 13.0. The van der Waals surface area contributed by atoms with Gasteiger partial charge in [0.1, 0.15) is 11.3 Å². The number of aromatic nitrogens is 4. The van der Waals surface area contributed by atoms with Crippen molar-refractivity contribution >= 4 is 23.0 Å². The third-order valence-corrected chi connectivity index (χ3v) is 7.12. The van der Waals surface area contributed by atoms with E-state index in [4.69, 9.17) is 4.98 Å². The lowest BCUT2D eigenvalue weighted by Gasteiger charge is -2.19. The number of halogens is 3. The number of hydrogen-bond acceptors (Lipinski definition) is 5. The summed E-state index contributed by atoms with van der Waals surface area (Å²) in [6, 6.07) is 12.9. The molecule has 10 heteroatoms. The summed E-state index contributed by atoms with van der Waals surface area (Å²) in [6.07, 6.45) is -2.29. The number of nitrogens with one attached hydrogen (secondary N) is 1. The van der Waals surface area contributed by atoms with Crippen LogP contribution in [-0.2, 0) is 18.1 Å². The molecule has 1 atom stereocenters. The minimum absolute atomic E-state index is 0.0497. The van der Waals surface area contributed by atoms with Gasteiger partial charge in [-0.2, -0.15) is 13.2 Å². The standard InChI is InChI=1S/C29H30F3N5O2/c1-16(18-7-8-18)33-23-22-24(35-25(34-23)27(38)39)36-26(19-9-13-20(14-10-19)28(2,3)4)37(22)15-17-5-11-21(12-6-17)29(30,31)32/h5-6,9-14,16,18H,7-8,15H2,1-4H3,(H,38,39)(H,33,34,35). The maximum atomic E-state index is 13.2. The molecule has 0 bridgehead atoms. The summed E-state index contributed by atoms with van der Waals surface area (Å²) < 4.78 is 41.3. The van der Waals surface area contributed by atoms with Gasteiger partial charge in [0, 0.05) is 18.2 Å². The number of anilines is 1. The Morgan fingerprint density at radius 2 is 1.62 bits per heavy atom. The van der Waals surface area contributed by atoms with Gasteiger partial charge in [-0.05, 0) is 54.4 Å². The van der Waals surface area contributed by atoms with Gasteiger partial charge in [0.05, 0.1) is 5.56 Å². The van der Waals surface area contributed by atoms with Crippen LogP contribution < -0.4 is 5.32 Å². The van der Waals surface area contributed by atoms with Crippen molar-refractivity contribution in [1.82, 2.24) is 19.5 Å². The van der Waals surface area contributed by atoms with E-state index in [2.05, 4.69) is 36.1 Å². The van der Waals surface area contributed by atoms with Crippen LogP contribution in [0.5, 0.6) is 0 Å². The lowest BCUT2D eigenvalue weighted by atomic mass is 9.87. The molecule has 1 fully saturated rings. The van der Waals surface area contributed by atoms with E-state index in [0.717, 1.165) is 36.1 Å². The van der Waals surface area contributed by atoms with E-state index in [1.54, 1.807) is 0 Å². The SMILES string of the molecule is CC(Nc1nc(C(=O)O)nc2nc(-c3ccc(C(C)(C)C)cc3)n(Cc3ccc(C(F)(F)F)cc3)c12)C1CC1. The molecule has 2 aromatic heterocycles. The summed E-state index contributed by atoms with van der Waals surface area (Å²) >= 11 is 0. The average molecular weight is 538 g/mol. The predicted molar refractivity (Wildman–Crippen MR) is 143 cm³/mol. The van der Waals surface area contributed by atoms with Crippen LogP contribution in [-0.4, -0.2) is 36.6 Å². The average Bonchev–Trinajstić information content (AvgIpc) is 3.66. The predicted octanol–water partition coefficient (Wildman–Crippen LogP) is 6.77. The number of carboxylic acid groups (broad SMARTS) is 1. The first-order chi connectivity index (χ1) is 18.3. The van der Waals surface area contributed by atoms with Gasteiger partial charge in [-0.15, -0.1) is 0 Å². The van der Waals surface area contributed by atoms with Crippen LogP contribution in [0.4, 0.5) is 19.0 Å². The number of hydrogen-bond donors (Lipinski definition) is 2. The van der Waals surface area contributed by atoms with Crippen LogP contribution in [0.3, 0.4) is 0 Å². The van der Waals surface area contributed by atoms with Gasteiger partial charge < -0.3 is 15.0 Å². The first-order valence-corrected chi connectivity index (χ1v) is 12.9. The quantitative estimate of drug-likeness (QED) is 0.270. The zero-order valence-corrected chi connectivity index (χ0v) is 22.2. The van der Waals surface area contributed by atoms with E-state index in [0.29, 0.717) is 28.6 Å². The Balaban J connectivity index is 1.68. The number of rotatable bonds is 7. The van der Waals surface area contributed by atoms with Crippen LogP contribution in [0, 0.1) is 5.92 Å². The molecular formula is C29H30F3N5O2. The maximum Gasteiger partial charge on any atom is 0.416 e. The third-order valence-electron chi connectivity index (χ3n) is 7.12. The van der Waals surface area contributed by atoms with Gasteiger partial charge in [-0.3, -0.25) is 0 Å². The normalized spacial score (nSPS) is 14.9. The van der Waals surface area contributed by atoms with Gasteiger partial charge in [0.25, 0.3) is 0 Å². The van der Waals surface area contributed by atoms with E-state index in [1.807, 2.05) is 35.8 Å². The molecule has 1 saturated carbocycles. The van der Waals surface area contributed by atoms with Crippen molar-refractivity contribution in [2.24, 2.45) is 5.92 Å². The second-order valence-electron chi connectivity index (χ2n) is 11.2. The van der Waals surface area contributed by atoms with Crippen LogP contribution in [0.2, 0.25) is 0 Å².